The number of nitrogens with zero attached hydrogens (tertiary/aromatic N) is 5. The predicted molar refractivity (Wildman–Crippen MR) is 113 cm³/mol. The van der Waals surface area contributed by atoms with E-state index in [0.717, 1.165) is 37.9 Å². The van der Waals surface area contributed by atoms with Crippen LogP contribution in [0.1, 0.15) is 31.7 Å². The van der Waals surface area contributed by atoms with E-state index in [-0.39, 0.29) is 17.9 Å². The molecule has 1 atom stereocenters. The molecule has 2 aromatic heterocycles. The van der Waals surface area contributed by atoms with Crippen LogP contribution in [0.4, 0.5) is 19.0 Å². The van der Waals surface area contributed by atoms with Crippen molar-refractivity contribution in [2.75, 3.05) is 18.4 Å². The van der Waals surface area contributed by atoms with Crippen molar-refractivity contribution in [1.82, 2.24) is 24.4 Å². The number of aromatic nitrogens is 4. The quantitative estimate of drug-likeness (QED) is 0.645. The number of hydrogen-bond donors (Lipinski definition) is 1. The number of hydrogen-bond acceptors (Lipinski definition) is 5. The van der Waals surface area contributed by atoms with Gasteiger partial charge in [0.25, 0.3) is 0 Å². The van der Waals surface area contributed by atoms with Crippen molar-refractivity contribution >= 4 is 22.9 Å². The number of likely N-dealkylation sites (tertiary alicyclic amines) is 1. The number of imidazole rings is 1. The fourth-order valence-corrected chi connectivity index (χ4v) is 4.23. The van der Waals surface area contributed by atoms with E-state index < -0.39 is 11.7 Å². The number of rotatable bonds is 5. The lowest BCUT2D eigenvalue weighted by Gasteiger charge is -2.17. The minimum atomic E-state index is -4.39. The molecule has 1 saturated carbocycles. The average molecular weight is 444 g/mol. The smallest absolute Gasteiger partial charge is 0.364 e. The molecule has 1 saturated heterocycles. The summed E-state index contributed by atoms with van der Waals surface area (Å²) in [5, 5.41) is 3.40. The molecule has 3 aromatic rings. The Morgan fingerprint density at radius 3 is 2.56 bits per heavy atom. The Morgan fingerprint density at radius 2 is 1.91 bits per heavy atom. The largest absolute Gasteiger partial charge is 0.416 e. The molecule has 7 nitrogen and oxygen atoms in total. The summed E-state index contributed by atoms with van der Waals surface area (Å²) >= 11 is 0. The molecule has 1 N–H and O–H groups in total. The fraction of sp³-hybridized carbons (Fsp3) is 0.455. The number of nitrogens with one attached hydrogen (secondary N) is 1. The summed E-state index contributed by atoms with van der Waals surface area (Å²) in [5.41, 5.74) is 1.06. The Balaban J connectivity index is 1.43. The van der Waals surface area contributed by atoms with E-state index in [2.05, 4.69) is 15.3 Å². The molecule has 168 valence electrons. The van der Waals surface area contributed by atoms with E-state index in [1.807, 2.05) is 16.4 Å². The zero-order valence-electron chi connectivity index (χ0n) is 17.6. The molecule has 0 spiro atoms. The zero-order chi connectivity index (χ0) is 22.5. The Labute approximate surface area is 182 Å². The average Bonchev–Trinajstić information content (AvgIpc) is 3.40. The lowest BCUT2D eigenvalue weighted by Crippen LogP contribution is -2.32. The fourth-order valence-electron chi connectivity index (χ4n) is 4.23. The number of halogens is 3. The summed E-state index contributed by atoms with van der Waals surface area (Å²) in [6.07, 6.45) is -0.133. The maximum Gasteiger partial charge on any atom is 0.416 e. The lowest BCUT2D eigenvalue weighted by atomic mass is 10.1. The highest BCUT2D eigenvalue weighted by atomic mass is 19.4. The Hall–Kier alpha value is -3.17. The normalized spacial score (nSPS) is 19.0. The van der Waals surface area contributed by atoms with Crippen molar-refractivity contribution in [2.24, 2.45) is 5.92 Å². The number of amides is 1. The third-order valence-corrected chi connectivity index (χ3v) is 6.09. The lowest BCUT2D eigenvalue weighted by molar-refractivity contribution is -0.137. The number of carbonyl (C=O) groups is 1. The van der Waals surface area contributed by atoms with Gasteiger partial charge in [-0.15, -0.1) is 0 Å². The summed E-state index contributed by atoms with van der Waals surface area (Å²) in [4.78, 5) is 27.7. The third kappa shape index (κ3) is 3.78. The van der Waals surface area contributed by atoms with E-state index in [4.69, 9.17) is 4.98 Å². The molecule has 1 aliphatic carbocycles. The van der Waals surface area contributed by atoms with Crippen molar-refractivity contribution < 1.29 is 18.0 Å². The van der Waals surface area contributed by atoms with Gasteiger partial charge in [-0.2, -0.15) is 13.2 Å². The molecule has 32 heavy (non-hydrogen) atoms. The van der Waals surface area contributed by atoms with Crippen molar-refractivity contribution in [1.29, 1.82) is 0 Å². The maximum atomic E-state index is 12.9. The highest BCUT2D eigenvalue weighted by Gasteiger charge is 2.37. The van der Waals surface area contributed by atoms with Crippen LogP contribution >= 0.6 is 0 Å². The molecule has 0 bridgehead atoms. The van der Waals surface area contributed by atoms with Crippen LogP contribution in [-0.4, -0.2) is 49.5 Å². The van der Waals surface area contributed by atoms with E-state index >= 15 is 0 Å². The van der Waals surface area contributed by atoms with Crippen LogP contribution in [0.15, 0.2) is 30.6 Å². The second-order valence-corrected chi connectivity index (χ2v) is 8.34. The van der Waals surface area contributed by atoms with Gasteiger partial charge in [0.15, 0.2) is 17.0 Å². The molecule has 0 radical (unpaired) electrons. The first-order chi connectivity index (χ1) is 15.3. The van der Waals surface area contributed by atoms with Gasteiger partial charge >= 0.3 is 6.18 Å². The topological polar surface area (TPSA) is 75.9 Å². The molecule has 10 heteroatoms. The van der Waals surface area contributed by atoms with Gasteiger partial charge in [0.1, 0.15) is 12.2 Å². The molecule has 2 aliphatic rings. The first kappa shape index (κ1) is 20.7. The first-order valence-electron chi connectivity index (χ1n) is 10.8. The summed E-state index contributed by atoms with van der Waals surface area (Å²) in [6.45, 7) is 3.83. The predicted octanol–water partition coefficient (Wildman–Crippen LogP) is 3.95. The Bertz CT molecular complexity index is 1150. The molecule has 0 unspecified atom stereocenters. The summed E-state index contributed by atoms with van der Waals surface area (Å²) < 4.78 is 40.7. The molecule has 1 aliphatic heterocycles. The number of benzene rings is 1. The maximum absolute atomic E-state index is 12.9. The van der Waals surface area contributed by atoms with Crippen LogP contribution < -0.4 is 5.32 Å². The summed E-state index contributed by atoms with van der Waals surface area (Å²) in [7, 11) is 0. The van der Waals surface area contributed by atoms with Gasteiger partial charge in [-0.1, -0.05) is 12.1 Å². The van der Waals surface area contributed by atoms with Gasteiger partial charge in [-0.3, -0.25) is 4.79 Å². The number of fused-ring (bicyclic) bond motifs is 1. The third-order valence-electron chi connectivity index (χ3n) is 6.09. The van der Waals surface area contributed by atoms with Crippen LogP contribution in [0.2, 0.25) is 0 Å². The molecular formula is C22H23F3N6O. The van der Waals surface area contributed by atoms with Crippen LogP contribution in [0.25, 0.3) is 22.6 Å². The van der Waals surface area contributed by atoms with Crippen molar-refractivity contribution in [2.45, 2.75) is 44.9 Å². The SMILES string of the molecule is CCn1c(-c2ccc(C(F)(F)F)cc2)nc2c(N[C@H]3CCN(C(=O)C4CC4)C3)ncnc21. The van der Waals surface area contributed by atoms with Gasteiger partial charge in [0, 0.05) is 37.2 Å². The van der Waals surface area contributed by atoms with E-state index in [1.165, 1.54) is 18.5 Å². The minimum Gasteiger partial charge on any atom is -0.364 e. The second kappa shape index (κ2) is 7.75. The first-order valence-corrected chi connectivity index (χ1v) is 10.8. The Morgan fingerprint density at radius 1 is 1.16 bits per heavy atom. The molecule has 2 fully saturated rings. The molecule has 1 aromatic carbocycles. The molecule has 5 rings (SSSR count). The molecule has 1 amide bonds. The highest BCUT2D eigenvalue weighted by molar-refractivity contribution is 5.86. The summed E-state index contributed by atoms with van der Waals surface area (Å²) in [5.74, 6) is 1.55. The minimum absolute atomic E-state index is 0.0668. The molecule has 3 heterocycles. The van der Waals surface area contributed by atoms with Gasteiger partial charge in [-0.05, 0) is 38.3 Å². The van der Waals surface area contributed by atoms with Crippen molar-refractivity contribution in [3.05, 3.63) is 36.2 Å². The van der Waals surface area contributed by atoms with Crippen LogP contribution in [-0.2, 0) is 17.5 Å². The van der Waals surface area contributed by atoms with Gasteiger partial charge in [0.2, 0.25) is 5.91 Å². The second-order valence-electron chi connectivity index (χ2n) is 8.34. The van der Waals surface area contributed by atoms with E-state index in [1.54, 1.807) is 0 Å². The molecular weight excluding hydrogens is 421 g/mol. The standard InChI is InChI=1S/C22H23F3N6O/c1-2-31-19(13-5-7-15(8-6-13)22(23,24)25)29-17-18(26-12-27-20(17)31)28-16-9-10-30(11-16)21(32)14-3-4-14/h5-8,12,14,16H,2-4,9-11H2,1H3,(H,26,27,28)/t16-/m0/s1. The van der Waals surface area contributed by atoms with E-state index in [0.29, 0.717) is 41.5 Å². The number of anilines is 1. The number of alkyl halides is 3. The van der Waals surface area contributed by atoms with Gasteiger partial charge in [-0.25, -0.2) is 15.0 Å². The van der Waals surface area contributed by atoms with E-state index in [9.17, 15) is 18.0 Å². The number of carbonyl (C=O) groups excluding carboxylic acids is 1. The highest BCUT2D eigenvalue weighted by Crippen LogP contribution is 2.34. The Kier molecular flexibility index (Phi) is 5.02. The van der Waals surface area contributed by atoms with Crippen molar-refractivity contribution in [3.63, 3.8) is 0 Å². The number of aryl methyl sites for hydroxylation is 1. The van der Waals surface area contributed by atoms with Crippen molar-refractivity contribution in [3.8, 4) is 11.4 Å². The zero-order valence-corrected chi connectivity index (χ0v) is 17.6. The monoisotopic (exact) mass is 444 g/mol. The van der Waals surface area contributed by atoms with Gasteiger partial charge < -0.3 is 14.8 Å². The summed E-state index contributed by atoms with van der Waals surface area (Å²) in [6, 6.07) is 5.04. The van der Waals surface area contributed by atoms with Crippen LogP contribution in [0.3, 0.4) is 0 Å². The van der Waals surface area contributed by atoms with Gasteiger partial charge in [0.05, 0.1) is 5.56 Å². The van der Waals surface area contributed by atoms with Crippen LogP contribution in [0, 0.1) is 5.92 Å². The van der Waals surface area contributed by atoms with Crippen LogP contribution in [0.5, 0.6) is 0 Å².